The first-order chi connectivity index (χ1) is 6.19. The molecule has 0 aliphatic heterocycles. The minimum absolute atomic E-state index is 0.284. The van der Waals surface area contributed by atoms with Gasteiger partial charge in [-0.3, -0.25) is 0 Å². The van der Waals surface area contributed by atoms with Crippen LogP contribution in [0.2, 0.25) is 0 Å². The van der Waals surface area contributed by atoms with Crippen LogP contribution in [0.25, 0.3) is 10.4 Å². The van der Waals surface area contributed by atoms with E-state index < -0.39 is 5.97 Å². The first-order valence-corrected chi connectivity index (χ1v) is 4.72. The number of thiophene rings is 1. The molecule has 1 heterocycles. The number of halogens is 1. The SMILES string of the molecule is COC(=O)c1sc(Br)cc1N=[N+]=[N-]. The number of nitrogens with zero attached hydrogens (tertiary/aromatic N) is 3. The molecule has 0 amide bonds. The Morgan fingerprint density at radius 3 is 3.08 bits per heavy atom. The monoisotopic (exact) mass is 261 g/mol. The van der Waals surface area contributed by atoms with Crippen molar-refractivity contribution in [3.05, 3.63) is 25.2 Å². The Hall–Kier alpha value is -1.04. The fourth-order valence-electron chi connectivity index (χ4n) is 0.714. The number of carbonyl (C=O) groups excluding carboxylic acids is 1. The van der Waals surface area contributed by atoms with Crippen LogP contribution in [0.5, 0.6) is 0 Å². The summed E-state index contributed by atoms with van der Waals surface area (Å²) in [5.74, 6) is -0.502. The molecule has 0 atom stereocenters. The molecule has 0 aliphatic carbocycles. The molecule has 0 unspecified atom stereocenters. The van der Waals surface area contributed by atoms with Crippen LogP contribution in [0, 0.1) is 0 Å². The predicted molar refractivity (Wildman–Crippen MR) is 52.2 cm³/mol. The molecule has 5 nitrogen and oxygen atoms in total. The summed E-state index contributed by atoms with van der Waals surface area (Å²) in [6.07, 6.45) is 0. The number of azide groups is 1. The molecular formula is C6H4BrN3O2S. The molecule has 68 valence electrons. The Kier molecular flexibility index (Phi) is 3.30. The minimum atomic E-state index is -0.502. The molecule has 0 fully saturated rings. The van der Waals surface area contributed by atoms with Gasteiger partial charge in [0.2, 0.25) is 0 Å². The van der Waals surface area contributed by atoms with Crippen LogP contribution in [0.3, 0.4) is 0 Å². The highest BCUT2D eigenvalue weighted by Crippen LogP contribution is 2.33. The van der Waals surface area contributed by atoms with Gasteiger partial charge in [-0.15, -0.1) is 11.3 Å². The number of carbonyl (C=O) groups is 1. The third-order valence-corrected chi connectivity index (χ3v) is 2.81. The molecule has 0 bridgehead atoms. The van der Waals surface area contributed by atoms with Crippen LogP contribution >= 0.6 is 27.3 Å². The van der Waals surface area contributed by atoms with Gasteiger partial charge in [0, 0.05) is 4.91 Å². The predicted octanol–water partition coefficient (Wildman–Crippen LogP) is 3.24. The second-order valence-electron chi connectivity index (χ2n) is 1.95. The quantitative estimate of drug-likeness (QED) is 0.355. The van der Waals surface area contributed by atoms with Gasteiger partial charge in [0.05, 0.1) is 16.6 Å². The van der Waals surface area contributed by atoms with Crippen molar-refractivity contribution in [1.29, 1.82) is 0 Å². The zero-order valence-corrected chi connectivity index (χ0v) is 8.92. The Bertz CT molecular complexity index is 383. The average molecular weight is 262 g/mol. The lowest BCUT2D eigenvalue weighted by Crippen LogP contribution is -1.97. The molecule has 1 rings (SSSR count). The summed E-state index contributed by atoms with van der Waals surface area (Å²) in [5.41, 5.74) is 8.49. The first kappa shape index (κ1) is 10.0. The van der Waals surface area contributed by atoms with Crippen molar-refractivity contribution >= 4 is 38.9 Å². The standard InChI is InChI=1S/C6H4BrN3O2S/c1-12-6(11)5-3(9-10-8)2-4(7)13-5/h2H,1H3. The topological polar surface area (TPSA) is 75.1 Å². The number of rotatable bonds is 2. The van der Waals surface area contributed by atoms with Crippen LogP contribution in [-0.2, 0) is 4.74 Å². The summed E-state index contributed by atoms with van der Waals surface area (Å²) >= 11 is 4.34. The molecule has 7 heteroatoms. The van der Waals surface area contributed by atoms with E-state index in [1.807, 2.05) is 0 Å². The number of methoxy groups -OCH3 is 1. The highest BCUT2D eigenvalue weighted by molar-refractivity contribution is 9.11. The fraction of sp³-hybridized carbons (Fsp3) is 0.167. The largest absolute Gasteiger partial charge is 0.465 e. The summed E-state index contributed by atoms with van der Waals surface area (Å²) in [6, 6.07) is 1.57. The summed E-state index contributed by atoms with van der Waals surface area (Å²) in [5, 5.41) is 3.36. The van der Waals surface area contributed by atoms with E-state index in [1.54, 1.807) is 6.07 Å². The molecule has 1 aromatic rings. The van der Waals surface area contributed by atoms with E-state index in [0.29, 0.717) is 4.88 Å². The van der Waals surface area contributed by atoms with Crippen molar-refractivity contribution in [2.45, 2.75) is 0 Å². The van der Waals surface area contributed by atoms with Crippen molar-refractivity contribution in [3.8, 4) is 0 Å². The molecule has 1 aromatic heterocycles. The van der Waals surface area contributed by atoms with E-state index in [1.165, 1.54) is 7.11 Å². The highest BCUT2D eigenvalue weighted by Gasteiger charge is 2.14. The van der Waals surface area contributed by atoms with Gasteiger partial charge < -0.3 is 4.74 Å². The second-order valence-corrected chi connectivity index (χ2v) is 4.38. The van der Waals surface area contributed by atoms with E-state index in [0.717, 1.165) is 15.1 Å². The first-order valence-electron chi connectivity index (χ1n) is 3.11. The van der Waals surface area contributed by atoms with Gasteiger partial charge in [-0.2, -0.15) is 0 Å². The Balaban J connectivity index is 3.18. The molecule has 0 spiro atoms. The van der Waals surface area contributed by atoms with E-state index in [4.69, 9.17) is 5.53 Å². The number of hydrogen-bond donors (Lipinski definition) is 0. The fourth-order valence-corrected chi connectivity index (χ4v) is 2.15. The summed E-state index contributed by atoms with van der Waals surface area (Å²) in [6.45, 7) is 0. The lowest BCUT2D eigenvalue weighted by molar-refractivity contribution is 0.0607. The van der Waals surface area contributed by atoms with Gasteiger partial charge in [0.15, 0.2) is 0 Å². The van der Waals surface area contributed by atoms with Gasteiger partial charge in [-0.25, -0.2) is 4.79 Å². The van der Waals surface area contributed by atoms with Crippen LogP contribution in [0.4, 0.5) is 5.69 Å². The third kappa shape index (κ3) is 2.21. The van der Waals surface area contributed by atoms with Crippen LogP contribution in [0.15, 0.2) is 15.0 Å². The average Bonchev–Trinajstić information content (AvgIpc) is 2.46. The maximum atomic E-state index is 11.1. The zero-order valence-electron chi connectivity index (χ0n) is 6.52. The van der Waals surface area contributed by atoms with Crippen molar-refractivity contribution in [3.63, 3.8) is 0 Å². The van der Waals surface area contributed by atoms with Gasteiger partial charge in [0.1, 0.15) is 4.88 Å². The maximum Gasteiger partial charge on any atom is 0.348 e. The normalized spacial score (nSPS) is 9.08. The Morgan fingerprint density at radius 1 is 1.85 bits per heavy atom. The van der Waals surface area contributed by atoms with Crippen LogP contribution < -0.4 is 0 Å². The summed E-state index contributed by atoms with van der Waals surface area (Å²) < 4.78 is 5.22. The maximum absolute atomic E-state index is 11.1. The summed E-state index contributed by atoms with van der Waals surface area (Å²) in [4.78, 5) is 14.0. The Labute approximate surface area is 86.1 Å². The number of hydrogen-bond acceptors (Lipinski definition) is 4. The van der Waals surface area contributed by atoms with Gasteiger partial charge in [-0.1, -0.05) is 5.11 Å². The molecule has 13 heavy (non-hydrogen) atoms. The Morgan fingerprint density at radius 2 is 2.54 bits per heavy atom. The van der Waals surface area contributed by atoms with E-state index in [-0.39, 0.29) is 5.69 Å². The molecule has 0 N–H and O–H groups in total. The van der Waals surface area contributed by atoms with Crippen LogP contribution in [0.1, 0.15) is 9.67 Å². The molecule has 0 radical (unpaired) electrons. The van der Waals surface area contributed by atoms with Crippen molar-refractivity contribution in [2.75, 3.05) is 7.11 Å². The van der Waals surface area contributed by atoms with Crippen LogP contribution in [-0.4, -0.2) is 13.1 Å². The number of ether oxygens (including phenoxy) is 1. The molecular weight excluding hydrogens is 258 g/mol. The summed E-state index contributed by atoms with van der Waals surface area (Å²) in [7, 11) is 1.27. The molecule has 0 saturated carbocycles. The lowest BCUT2D eigenvalue weighted by Gasteiger charge is -1.94. The van der Waals surface area contributed by atoms with Gasteiger partial charge in [-0.05, 0) is 27.5 Å². The molecule has 0 saturated heterocycles. The third-order valence-electron chi connectivity index (χ3n) is 1.21. The second kappa shape index (κ2) is 4.27. The lowest BCUT2D eigenvalue weighted by atomic mass is 10.4. The van der Waals surface area contributed by atoms with Crippen molar-refractivity contribution in [1.82, 2.24) is 0 Å². The van der Waals surface area contributed by atoms with Gasteiger partial charge >= 0.3 is 5.97 Å². The molecule has 0 aromatic carbocycles. The van der Waals surface area contributed by atoms with Crippen molar-refractivity contribution < 1.29 is 9.53 Å². The van der Waals surface area contributed by atoms with E-state index in [2.05, 4.69) is 30.7 Å². The number of esters is 1. The zero-order chi connectivity index (χ0) is 9.84. The van der Waals surface area contributed by atoms with Crippen molar-refractivity contribution in [2.24, 2.45) is 5.11 Å². The molecule has 0 aliphatic rings. The highest BCUT2D eigenvalue weighted by atomic mass is 79.9. The smallest absolute Gasteiger partial charge is 0.348 e. The van der Waals surface area contributed by atoms with E-state index >= 15 is 0 Å². The van der Waals surface area contributed by atoms with Gasteiger partial charge in [0.25, 0.3) is 0 Å². The minimum Gasteiger partial charge on any atom is -0.465 e. The van der Waals surface area contributed by atoms with E-state index in [9.17, 15) is 4.79 Å².